The number of ether oxygens (including phenoxy) is 1. The van der Waals surface area contributed by atoms with E-state index in [1.165, 1.54) is 18.2 Å². The first-order valence-electron chi connectivity index (χ1n) is 13.6. The number of nitrogens with two attached hydrogens (primary N) is 1. The van der Waals surface area contributed by atoms with Crippen molar-refractivity contribution >= 4 is 23.1 Å². The molecule has 0 aromatic heterocycles. The Labute approximate surface area is 245 Å². The van der Waals surface area contributed by atoms with Gasteiger partial charge in [0, 0.05) is 23.4 Å². The average Bonchev–Trinajstić information content (AvgIpc) is 2.89. The van der Waals surface area contributed by atoms with E-state index in [4.69, 9.17) is 22.1 Å². The zero-order chi connectivity index (χ0) is 29.6. The second-order valence-corrected chi connectivity index (χ2v) is 12.2. The number of anilines is 1. The minimum atomic E-state index is -0.603. The van der Waals surface area contributed by atoms with Crippen molar-refractivity contribution in [3.63, 3.8) is 0 Å². The number of halogens is 2. The largest absolute Gasteiger partial charge is 0.487 e. The molecule has 2 aliphatic rings. The molecule has 3 aromatic carbocycles. The van der Waals surface area contributed by atoms with Gasteiger partial charge in [0.1, 0.15) is 24.0 Å². The highest BCUT2D eigenvalue weighted by molar-refractivity contribution is 6.32. The number of carbonyl (C=O) groups excluding carboxylic acids is 1. The minimum absolute atomic E-state index is 0.0227. The van der Waals surface area contributed by atoms with E-state index < -0.39 is 11.7 Å². The van der Waals surface area contributed by atoms with Gasteiger partial charge in [-0.2, -0.15) is 5.26 Å². The number of nitriles is 1. The number of hydrogen-bond donors (Lipinski definition) is 1. The van der Waals surface area contributed by atoms with Crippen molar-refractivity contribution in [2.24, 2.45) is 11.1 Å². The predicted molar refractivity (Wildman–Crippen MR) is 160 cm³/mol. The van der Waals surface area contributed by atoms with E-state index in [2.05, 4.69) is 19.9 Å². The second kappa shape index (κ2) is 10.7. The maximum atomic E-state index is 13.9. The normalized spacial score (nSPS) is 18.3. The number of nitrogens with zero attached hydrogens (tertiary/aromatic N) is 2. The average molecular weight is 570 g/mol. The lowest BCUT2D eigenvalue weighted by atomic mass is 9.68. The summed E-state index contributed by atoms with van der Waals surface area (Å²) in [5.74, 6) is -0.312. The van der Waals surface area contributed by atoms with Crippen LogP contribution < -0.4 is 15.4 Å². The topological polar surface area (TPSA) is 79.3 Å². The van der Waals surface area contributed by atoms with Gasteiger partial charge in [0.25, 0.3) is 0 Å². The maximum absolute atomic E-state index is 13.9. The van der Waals surface area contributed by atoms with Gasteiger partial charge in [-0.05, 0) is 85.2 Å². The first kappa shape index (κ1) is 28.4. The Morgan fingerprint density at radius 1 is 1.07 bits per heavy atom. The third-order valence-electron chi connectivity index (χ3n) is 7.99. The predicted octanol–water partition coefficient (Wildman–Crippen LogP) is 7.92. The molecule has 0 amide bonds. The molecular formula is C34H33ClFN3O2. The number of aryl methyl sites for hydroxylation is 3. The Morgan fingerprint density at radius 2 is 1.78 bits per heavy atom. The van der Waals surface area contributed by atoms with Crippen LogP contribution in [0.3, 0.4) is 0 Å². The van der Waals surface area contributed by atoms with Crippen LogP contribution in [0.25, 0.3) is 0 Å². The molecule has 41 heavy (non-hydrogen) atoms. The molecule has 0 radical (unpaired) electrons. The molecule has 0 fully saturated rings. The molecule has 1 atom stereocenters. The summed E-state index contributed by atoms with van der Waals surface area (Å²) in [5.41, 5.74) is 13.9. The first-order chi connectivity index (χ1) is 19.4. The lowest BCUT2D eigenvalue weighted by Crippen LogP contribution is -2.42. The molecular weight excluding hydrogens is 537 g/mol. The van der Waals surface area contributed by atoms with E-state index in [0.717, 1.165) is 39.2 Å². The molecule has 5 rings (SSSR count). The smallest absolute Gasteiger partial charge is 0.162 e. The summed E-state index contributed by atoms with van der Waals surface area (Å²) in [6.45, 7) is 10.3. The molecule has 1 unspecified atom stereocenters. The van der Waals surface area contributed by atoms with Crippen molar-refractivity contribution in [1.82, 2.24) is 0 Å². The number of benzene rings is 3. The number of rotatable bonds is 5. The highest BCUT2D eigenvalue weighted by Crippen LogP contribution is 2.51. The molecule has 210 valence electrons. The Balaban J connectivity index is 1.65. The fourth-order valence-electron chi connectivity index (χ4n) is 5.94. The fourth-order valence-corrected chi connectivity index (χ4v) is 6.16. The van der Waals surface area contributed by atoms with E-state index >= 15 is 0 Å². The Hall–Kier alpha value is -4.08. The minimum Gasteiger partial charge on any atom is -0.487 e. The molecule has 1 aliphatic carbocycles. The zero-order valence-corrected chi connectivity index (χ0v) is 24.7. The number of hydrogen-bond acceptors (Lipinski definition) is 5. The first-order valence-corrected chi connectivity index (χ1v) is 14.0. The molecule has 1 heterocycles. The third kappa shape index (κ3) is 5.35. The maximum Gasteiger partial charge on any atom is 0.162 e. The van der Waals surface area contributed by atoms with Gasteiger partial charge in [-0.3, -0.25) is 9.69 Å². The Kier molecular flexibility index (Phi) is 7.44. The van der Waals surface area contributed by atoms with Gasteiger partial charge in [-0.1, -0.05) is 55.3 Å². The van der Waals surface area contributed by atoms with Crippen LogP contribution in [0.15, 0.2) is 77.3 Å². The Morgan fingerprint density at radius 3 is 2.44 bits per heavy atom. The van der Waals surface area contributed by atoms with Crippen LogP contribution >= 0.6 is 11.6 Å². The SMILES string of the molecule is Cc1ccc(N2C(N)=C(C#N)C(c3cc(COc4ccc(F)cc4Cl)c(C)cc3C)C3=C2CC(C)(C)CC3=O)cc1. The highest BCUT2D eigenvalue weighted by Gasteiger charge is 2.45. The van der Waals surface area contributed by atoms with Crippen LogP contribution in [0.4, 0.5) is 10.1 Å². The number of allylic oxidation sites excluding steroid dienone is 3. The molecule has 0 bridgehead atoms. The third-order valence-corrected chi connectivity index (χ3v) is 8.28. The summed E-state index contributed by atoms with van der Waals surface area (Å²) in [5, 5.41) is 10.7. The van der Waals surface area contributed by atoms with Gasteiger partial charge in [0.15, 0.2) is 5.78 Å². The van der Waals surface area contributed by atoms with Gasteiger partial charge < -0.3 is 10.5 Å². The summed E-state index contributed by atoms with van der Waals surface area (Å²) in [7, 11) is 0. The summed E-state index contributed by atoms with van der Waals surface area (Å²) in [6.07, 6.45) is 1.02. The van der Waals surface area contributed by atoms with Crippen LogP contribution in [0.5, 0.6) is 5.75 Å². The molecule has 7 heteroatoms. The molecule has 0 saturated heterocycles. The second-order valence-electron chi connectivity index (χ2n) is 11.8. The molecule has 1 aliphatic heterocycles. The molecule has 5 nitrogen and oxygen atoms in total. The molecule has 0 spiro atoms. The standard InChI is InChI=1S/C34H33ClFN3O2/c1-19-6-9-24(10-7-19)39-28-15-34(4,5)16-29(40)32(28)31(26(17-37)33(39)38)25-13-22(20(2)12-21(25)3)18-41-30-11-8-23(36)14-27(30)35/h6-14,31H,15-16,18,38H2,1-5H3. The van der Waals surface area contributed by atoms with Crippen LogP contribution in [0.1, 0.15) is 60.4 Å². The van der Waals surface area contributed by atoms with Crippen LogP contribution in [-0.2, 0) is 11.4 Å². The van der Waals surface area contributed by atoms with Crippen LogP contribution in [0.2, 0.25) is 5.02 Å². The van der Waals surface area contributed by atoms with E-state index in [0.29, 0.717) is 35.6 Å². The van der Waals surface area contributed by atoms with Gasteiger partial charge in [-0.15, -0.1) is 0 Å². The summed E-state index contributed by atoms with van der Waals surface area (Å²) >= 11 is 6.19. The van der Waals surface area contributed by atoms with Crippen molar-refractivity contribution in [2.75, 3.05) is 4.90 Å². The number of carbonyl (C=O) groups is 1. The van der Waals surface area contributed by atoms with E-state index in [-0.39, 0.29) is 22.8 Å². The van der Waals surface area contributed by atoms with Gasteiger partial charge in [0.05, 0.1) is 22.6 Å². The quantitative estimate of drug-likeness (QED) is 0.337. The van der Waals surface area contributed by atoms with Gasteiger partial charge in [0.2, 0.25) is 0 Å². The van der Waals surface area contributed by atoms with Crippen LogP contribution in [0, 0.1) is 43.3 Å². The van der Waals surface area contributed by atoms with Crippen molar-refractivity contribution in [2.45, 2.75) is 60.0 Å². The molecule has 3 aromatic rings. The summed E-state index contributed by atoms with van der Waals surface area (Å²) < 4.78 is 19.5. The van der Waals surface area contributed by atoms with E-state index in [1.807, 2.05) is 62.1 Å². The number of ketones is 1. The monoisotopic (exact) mass is 569 g/mol. The zero-order valence-electron chi connectivity index (χ0n) is 23.9. The van der Waals surface area contributed by atoms with Crippen molar-refractivity contribution in [3.8, 4) is 11.8 Å². The highest BCUT2D eigenvalue weighted by atomic mass is 35.5. The van der Waals surface area contributed by atoms with Crippen molar-refractivity contribution in [1.29, 1.82) is 5.26 Å². The van der Waals surface area contributed by atoms with E-state index in [1.54, 1.807) is 0 Å². The van der Waals surface area contributed by atoms with Crippen molar-refractivity contribution < 1.29 is 13.9 Å². The molecule has 2 N–H and O–H groups in total. The van der Waals surface area contributed by atoms with Crippen LogP contribution in [-0.4, -0.2) is 5.78 Å². The summed E-state index contributed by atoms with van der Waals surface area (Å²) in [4.78, 5) is 15.8. The van der Waals surface area contributed by atoms with E-state index in [9.17, 15) is 14.4 Å². The fraction of sp³-hybridized carbons (Fsp3) is 0.294. The van der Waals surface area contributed by atoms with Gasteiger partial charge in [-0.25, -0.2) is 4.39 Å². The Bertz CT molecular complexity index is 1660. The van der Waals surface area contributed by atoms with Gasteiger partial charge >= 0.3 is 0 Å². The van der Waals surface area contributed by atoms with Crippen molar-refractivity contribution in [3.05, 3.63) is 116 Å². The number of Topliss-reactive ketones (excluding diaryl/α,β-unsaturated/α-hetero) is 1. The molecule has 0 saturated carbocycles. The lowest BCUT2D eigenvalue weighted by molar-refractivity contribution is -0.118. The summed E-state index contributed by atoms with van der Waals surface area (Å²) in [6, 6.07) is 18.4. The lowest BCUT2D eigenvalue weighted by Gasteiger charge is -2.44.